The van der Waals surface area contributed by atoms with E-state index in [-0.39, 0.29) is 0 Å². The first-order valence-corrected chi connectivity index (χ1v) is 11.7. The van der Waals surface area contributed by atoms with E-state index in [0.717, 1.165) is 11.1 Å². The zero-order chi connectivity index (χ0) is 25.9. The zero-order valence-electron chi connectivity index (χ0n) is 21.1. The average Bonchev–Trinajstić information content (AvgIpc) is 3.32. The number of carbonyl (C=O) groups is 4. The summed E-state index contributed by atoms with van der Waals surface area (Å²) in [4.78, 5) is 49.7. The van der Waals surface area contributed by atoms with Crippen molar-refractivity contribution in [3.8, 4) is 0 Å². The maximum absolute atomic E-state index is 12.9. The highest BCUT2D eigenvalue weighted by molar-refractivity contribution is 5.89. The van der Waals surface area contributed by atoms with Crippen LogP contribution < -0.4 is 0 Å². The Morgan fingerprint density at radius 1 is 1.00 bits per heavy atom. The van der Waals surface area contributed by atoms with Crippen molar-refractivity contribution in [1.82, 2.24) is 0 Å². The predicted octanol–water partition coefficient (Wildman–Crippen LogP) is 2.72. The number of allylic oxidation sites excluding steroid dienone is 2. The van der Waals surface area contributed by atoms with E-state index in [4.69, 9.17) is 23.7 Å². The summed E-state index contributed by atoms with van der Waals surface area (Å²) in [7, 11) is 0. The van der Waals surface area contributed by atoms with Crippen molar-refractivity contribution in [2.45, 2.75) is 90.5 Å². The second-order valence-corrected chi connectivity index (χ2v) is 10.2. The van der Waals surface area contributed by atoms with Gasteiger partial charge in [0.15, 0.2) is 17.3 Å². The van der Waals surface area contributed by atoms with E-state index in [1.54, 1.807) is 25.2 Å². The molecule has 0 aromatic rings. The summed E-state index contributed by atoms with van der Waals surface area (Å²) in [6.07, 6.45) is 4.17. The van der Waals surface area contributed by atoms with Crippen molar-refractivity contribution in [2.24, 2.45) is 11.3 Å². The third-order valence-electron chi connectivity index (χ3n) is 7.81. The molecular formula is C26H32O9. The lowest BCUT2D eigenvalue weighted by atomic mass is 9.57. The minimum Gasteiger partial charge on any atom is -0.461 e. The number of epoxide rings is 1. The van der Waals surface area contributed by atoms with Gasteiger partial charge in [-0.15, -0.1) is 0 Å². The molecule has 8 atom stereocenters. The van der Waals surface area contributed by atoms with E-state index >= 15 is 0 Å². The highest BCUT2D eigenvalue weighted by Gasteiger charge is 2.87. The SMILES string of the molecule is CC(=O)O[C@H]1/C=C\C(C)=C/[C@@H]2OC(=O)[C@]3(C)O[C@]23[C@@H](OC(C)=O)[C@H]2C(C)=CC[C@H](OC(C)=O)[C@]12C. The van der Waals surface area contributed by atoms with Crippen LogP contribution in [0.5, 0.6) is 0 Å². The van der Waals surface area contributed by atoms with Crippen LogP contribution in [0, 0.1) is 11.3 Å². The summed E-state index contributed by atoms with van der Waals surface area (Å²) in [6.45, 7) is 11.1. The molecule has 0 radical (unpaired) electrons. The monoisotopic (exact) mass is 488 g/mol. The molecule has 0 N–H and O–H groups in total. The van der Waals surface area contributed by atoms with Crippen LogP contribution in [0.1, 0.15) is 54.9 Å². The van der Waals surface area contributed by atoms with E-state index in [9.17, 15) is 19.2 Å². The predicted molar refractivity (Wildman–Crippen MR) is 122 cm³/mol. The van der Waals surface area contributed by atoms with Gasteiger partial charge in [-0.2, -0.15) is 0 Å². The highest BCUT2D eigenvalue weighted by atomic mass is 16.7. The second-order valence-electron chi connectivity index (χ2n) is 10.2. The molecule has 0 unspecified atom stereocenters. The fraction of sp³-hybridized carbons (Fsp3) is 0.615. The van der Waals surface area contributed by atoms with Crippen LogP contribution in [-0.2, 0) is 42.9 Å². The number of hydrogen-bond donors (Lipinski definition) is 0. The molecule has 0 amide bonds. The van der Waals surface area contributed by atoms with E-state index < -0.39 is 70.8 Å². The third kappa shape index (κ3) is 3.71. The largest absolute Gasteiger partial charge is 0.461 e. The van der Waals surface area contributed by atoms with Crippen LogP contribution in [0.2, 0.25) is 0 Å². The van der Waals surface area contributed by atoms with Crippen molar-refractivity contribution in [3.63, 3.8) is 0 Å². The first kappa shape index (κ1) is 25.2. The molecule has 9 nitrogen and oxygen atoms in total. The lowest BCUT2D eigenvalue weighted by molar-refractivity contribution is -0.191. The summed E-state index contributed by atoms with van der Waals surface area (Å²) in [5, 5.41) is 0. The minimum atomic E-state index is -1.33. The third-order valence-corrected chi connectivity index (χ3v) is 7.81. The van der Waals surface area contributed by atoms with E-state index in [1.165, 1.54) is 20.8 Å². The Morgan fingerprint density at radius 3 is 2.20 bits per heavy atom. The lowest BCUT2D eigenvalue weighted by Crippen LogP contribution is -2.61. The van der Waals surface area contributed by atoms with E-state index in [0.29, 0.717) is 6.42 Å². The van der Waals surface area contributed by atoms with Gasteiger partial charge < -0.3 is 23.7 Å². The van der Waals surface area contributed by atoms with Gasteiger partial charge in [-0.05, 0) is 32.9 Å². The number of carbonyl (C=O) groups excluding carboxylic acids is 4. The zero-order valence-corrected chi connectivity index (χ0v) is 21.1. The van der Waals surface area contributed by atoms with Gasteiger partial charge >= 0.3 is 23.9 Å². The van der Waals surface area contributed by atoms with Gasteiger partial charge in [0, 0.05) is 33.1 Å². The smallest absolute Gasteiger partial charge is 0.342 e. The molecule has 4 aliphatic rings. The summed E-state index contributed by atoms with van der Waals surface area (Å²) in [5.74, 6) is -2.77. The number of ether oxygens (including phenoxy) is 5. The van der Waals surface area contributed by atoms with Crippen LogP contribution in [0.15, 0.2) is 35.5 Å². The first-order chi connectivity index (χ1) is 16.3. The summed E-state index contributed by atoms with van der Waals surface area (Å²) in [6, 6.07) is 0. The van der Waals surface area contributed by atoms with Gasteiger partial charge in [0.05, 0.1) is 5.41 Å². The average molecular weight is 489 g/mol. The molecule has 4 rings (SSSR count). The Bertz CT molecular complexity index is 1070. The molecule has 2 fully saturated rings. The van der Waals surface area contributed by atoms with Crippen LogP contribution in [0.3, 0.4) is 0 Å². The maximum Gasteiger partial charge on any atom is 0.342 e. The fourth-order valence-electron chi connectivity index (χ4n) is 6.14. The Balaban J connectivity index is 2.01. The number of esters is 4. The Labute approximate surface area is 204 Å². The molecule has 1 spiro atoms. The molecule has 0 saturated carbocycles. The lowest BCUT2D eigenvalue weighted by Gasteiger charge is -2.52. The van der Waals surface area contributed by atoms with Gasteiger partial charge in [0.2, 0.25) is 0 Å². The van der Waals surface area contributed by atoms with Crippen molar-refractivity contribution < 1.29 is 42.9 Å². The first-order valence-electron chi connectivity index (χ1n) is 11.7. The molecule has 9 heteroatoms. The molecule has 190 valence electrons. The number of fused-ring (bicyclic) bond motifs is 1. The van der Waals surface area contributed by atoms with Gasteiger partial charge in [-0.25, -0.2) is 4.79 Å². The molecule has 2 aliphatic heterocycles. The Morgan fingerprint density at radius 2 is 1.63 bits per heavy atom. The Kier molecular flexibility index (Phi) is 5.99. The van der Waals surface area contributed by atoms with E-state index in [1.807, 2.05) is 26.8 Å². The second kappa shape index (κ2) is 8.33. The topological polar surface area (TPSA) is 118 Å². The quantitative estimate of drug-likeness (QED) is 0.256. The molecule has 2 heterocycles. The molecular weight excluding hydrogens is 456 g/mol. The van der Waals surface area contributed by atoms with Gasteiger partial charge in [0.1, 0.15) is 18.3 Å². The molecule has 2 saturated heterocycles. The van der Waals surface area contributed by atoms with Crippen molar-refractivity contribution in [3.05, 3.63) is 35.5 Å². The van der Waals surface area contributed by atoms with Gasteiger partial charge in [-0.1, -0.05) is 30.2 Å². The molecule has 2 aliphatic carbocycles. The maximum atomic E-state index is 12.9. The molecule has 35 heavy (non-hydrogen) atoms. The van der Waals surface area contributed by atoms with Crippen molar-refractivity contribution >= 4 is 23.9 Å². The normalized spacial score (nSPS) is 44.1. The number of hydrogen-bond acceptors (Lipinski definition) is 9. The molecule has 0 aromatic heterocycles. The van der Waals surface area contributed by atoms with Crippen molar-refractivity contribution in [1.29, 1.82) is 0 Å². The minimum absolute atomic E-state index is 0.371. The fourth-order valence-corrected chi connectivity index (χ4v) is 6.14. The van der Waals surface area contributed by atoms with E-state index in [2.05, 4.69) is 0 Å². The van der Waals surface area contributed by atoms with Crippen LogP contribution in [-0.4, -0.2) is 59.5 Å². The highest BCUT2D eigenvalue weighted by Crippen LogP contribution is 2.65. The van der Waals surface area contributed by atoms with Gasteiger partial charge in [0.25, 0.3) is 0 Å². The standard InChI is InChI=1S/C26H32O9/c1-13-8-10-18(31-15(3)27)24(6)19(32-16(4)28)11-9-14(2)21(24)22(33-17(5)29)26-20(12-13)34-23(30)25(26,7)35-26/h8-10,12,18-22H,11H2,1-7H3/b10-8-,13-12-/t18-,19-,20-,21+,22-,24-,25-,26-/m0/s1. The number of rotatable bonds is 3. The Hall–Kier alpha value is -2.94. The molecule has 0 aromatic carbocycles. The summed E-state index contributed by atoms with van der Waals surface area (Å²) >= 11 is 0. The summed E-state index contributed by atoms with van der Waals surface area (Å²) in [5.41, 5.74) is -2.15. The van der Waals surface area contributed by atoms with Crippen LogP contribution >= 0.6 is 0 Å². The van der Waals surface area contributed by atoms with Crippen molar-refractivity contribution in [2.75, 3.05) is 0 Å². The summed E-state index contributed by atoms with van der Waals surface area (Å²) < 4.78 is 29.4. The van der Waals surface area contributed by atoms with Crippen LogP contribution in [0.4, 0.5) is 0 Å². The van der Waals surface area contributed by atoms with Crippen LogP contribution in [0.25, 0.3) is 0 Å². The molecule has 0 bridgehead atoms. The van der Waals surface area contributed by atoms with Gasteiger partial charge in [-0.3, -0.25) is 14.4 Å².